The van der Waals surface area contributed by atoms with Crippen LogP contribution in [0.3, 0.4) is 0 Å². The van der Waals surface area contributed by atoms with E-state index in [4.69, 9.17) is 12.2 Å². The van der Waals surface area contributed by atoms with E-state index in [0.717, 1.165) is 0 Å². The van der Waals surface area contributed by atoms with Gasteiger partial charge in [-0.3, -0.25) is 9.89 Å². The molecule has 0 saturated carbocycles. The Labute approximate surface area is 115 Å². The minimum Gasteiger partial charge on any atom is -0.364 e. The summed E-state index contributed by atoms with van der Waals surface area (Å²) >= 11 is 5.01. The molecule has 98 valence electrons. The molecule has 1 aromatic heterocycles. The van der Waals surface area contributed by atoms with E-state index in [-0.39, 0.29) is 16.4 Å². The monoisotopic (exact) mass is 275 g/mol. The van der Waals surface area contributed by atoms with Crippen LogP contribution in [0.1, 0.15) is 5.69 Å². The fraction of sp³-hybridized carbons (Fsp3) is 0.167. The molecule has 0 radical (unpaired) electrons. The van der Waals surface area contributed by atoms with Crippen LogP contribution in [0.5, 0.6) is 0 Å². The highest BCUT2D eigenvalue weighted by molar-refractivity contribution is 7.80. The van der Waals surface area contributed by atoms with E-state index in [2.05, 4.69) is 20.6 Å². The van der Waals surface area contributed by atoms with Gasteiger partial charge in [-0.2, -0.15) is 9.80 Å². The van der Waals surface area contributed by atoms with Crippen LogP contribution < -0.4 is 10.9 Å². The molecule has 0 bridgehead atoms. The summed E-state index contributed by atoms with van der Waals surface area (Å²) in [6.45, 7) is 1.75. The standard InChI is InChI=1S/C12H13N5OS/c1-8-10(11(18)17(16-8)12(19)13-2)15-14-9-6-4-3-5-7-9/h3-7,16H,1-2H3,(H,13,19). The van der Waals surface area contributed by atoms with Gasteiger partial charge in [-0.15, -0.1) is 5.11 Å². The van der Waals surface area contributed by atoms with Crippen molar-refractivity contribution >= 4 is 28.7 Å². The first-order chi connectivity index (χ1) is 9.13. The molecule has 0 aliphatic heterocycles. The number of benzene rings is 1. The number of rotatable bonds is 2. The van der Waals surface area contributed by atoms with Gasteiger partial charge in [0.2, 0.25) is 0 Å². The first kappa shape index (κ1) is 13.2. The zero-order valence-electron chi connectivity index (χ0n) is 10.5. The Morgan fingerprint density at radius 1 is 1.32 bits per heavy atom. The Balaban J connectivity index is 2.37. The molecule has 7 heteroatoms. The molecule has 2 N–H and O–H groups in total. The molecule has 2 aromatic rings. The van der Waals surface area contributed by atoms with Crippen LogP contribution in [0.2, 0.25) is 0 Å². The van der Waals surface area contributed by atoms with E-state index < -0.39 is 0 Å². The number of aromatic nitrogens is 2. The van der Waals surface area contributed by atoms with Crippen molar-refractivity contribution < 1.29 is 0 Å². The van der Waals surface area contributed by atoms with Crippen molar-refractivity contribution in [1.29, 1.82) is 0 Å². The van der Waals surface area contributed by atoms with E-state index in [0.29, 0.717) is 11.4 Å². The van der Waals surface area contributed by atoms with Crippen molar-refractivity contribution in [2.24, 2.45) is 10.2 Å². The predicted molar refractivity (Wildman–Crippen MR) is 77.5 cm³/mol. The van der Waals surface area contributed by atoms with E-state index in [9.17, 15) is 4.79 Å². The van der Waals surface area contributed by atoms with Gasteiger partial charge in [-0.1, -0.05) is 18.2 Å². The molecule has 0 saturated heterocycles. The minimum absolute atomic E-state index is 0.251. The third kappa shape index (κ3) is 2.76. The maximum atomic E-state index is 12.1. The van der Waals surface area contributed by atoms with Crippen molar-refractivity contribution in [2.45, 2.75) is 6.92 Å². The van der Waals surface area contributed by atoms with Crippen molar-refractivity contribution in [1.82, 2.24) is 15.1 Å². The van der Waals surface area contributed by atoms with Crippen LogP contribution in [-0.2, 0) is 0 Å². The lowest BCUT2D eigenvalue weighted by Gasteiger charge is -2.00. The van der Waals surface area contributed by atoms with E-state index in [1.54, 1.807) is 14.0 Å². The molecule has 6 nitrogen and oxygen atoms in total. The fourth-order valence-corrected chi connectivity index (χ4v) is 1.64. The van der Waals surface area contributed by atoms with Gasteiger partial charge in [0.25, 0.3) is 0 Å². The fourth-order valence-electron chi connectivity index (χ4n) is 1.51. The second kappa shape index (κ2) is 5.57. The summed E-state index contributed by atoms with van der Waals surface area (Å²) < 4.78 is 1.23. The molecule has 0 fully saturated rings. The van der Waals surface area contributed by atoms with Crippen molar-refractivity contribution in [3.05, 3.63) is 46.4 Å². The van der Waals surface area contributed by atoms with Gasteiger partial charge in [-0.25, -0.2) is 0 Å². The highest BCUT2D eigenvalue weighted by Gasteiger charge is 2.12. The molecule has 0 atom stereocenters. The van der Waals surface area contributed by atoms with E-state index >= 15 is 0 Å². The number of azo groups is 1. The lowest BCUT2D eigenvalue weighted by Crippen LogP contribution is -2.32. The van der Waals surface area contributed by atoms with Gasteiger partial charge in [0.05, 0.1) is 11.4 Å². The molecule has 0 spiro atoms. The first-order valence-corrected chi connectivity index (χ1v) is 6.05. The summed E-state index contributed by atoms with van der Waals surface area (Å²) in [6.07, 6.45) is 0. The number of thiocarbonyl (C=S) groups is 1. The average Bonchev–Trinajstić information content (AvgIpc) is 2.72. The number of aryl methyl sites for hydroxylation is 1. The molecule has 1 aromatic carbocycles. The summed E-state index contributed by atoms with van der Waals surface area (Å²) in [6, 6.07) is 9.21. The third-order valence-corrected chi connectivity index (χ3v) is 2.87. The quantitative estimate of drug-likeness (QED) is 0.652. The van der Waals surface area contributed by atoms with Crippen LogP contribution in [0.25, 0.3) is 0 Å². The maximum absolute atomic E-state index is 12.1. The van der Waals surface area contributed by atoms with Gasteiger partial charge < -0.3 is 5.32 Å². The largest absolute Gasteiger partial charge is 0.364 e. The second-order valence-electron chi connectivity index (χ2n) is 3.82. The molecule has 2 rings (SSSR count). The van der Waals surface area contributed by atoms with Crippen molar-refractivity contribution in [2.75, 3.05) is 7.05 Å². The zero-order valence-corrected chi connectivity index (χ0v) is 11.4. The van der Waals surface area contributed by atoms with Crippen molar-refractivity contribution in [3.63, 3.8) is 0 Å². The number of hydrogen-bond acceptors (Lipinski definition) is 4. The van der Waals surface area contributed by atoms with Gasteiger partial charge in [0.15, 0.2) is 10.8 Å². The lowest BCUT2D eigenvalue weighted by molar-refractivity contribution is 0.861. The normalized spacial score (nSPS) is 10.8. The number of H-pyrrole nitrogens is 1. The summed E-state index contributed by atoms with van der Waals surface area (Å²) in [4.78, 5) is 12.1. The van der Waals surface area contributed by atoms with E-state index in [1.165, 1.54) is 4.68 Å². The van der Waals surface area contributed by atoms with Gasteiger partial charge in [0.1, 0.15) is 0 Å². The summed E-state index contributed by atoms with van der Waals surface area (Å²) in [7, 11) is 1.65. The SMILES string of the molecule is CNC(=S)n1[nH]c(C)c(N=Nc2ccccc2)c1=O. The van der Waals surface area contributed by atoms with Gasteiger partial charge >= 0.3 is 5.56 Å². The zero-order chi connectivity index (χ0) is 13.8. The average molecular weight is 275 g/mol. The van der Waals surface area contributed by atoms with Crippen LogP contribution in [0.4, 0.5) is 11.4 Å². The topological polar surface area (TPSA) is 74.5 Å². The molecule has 19 heavy (non-hydrogen) atoms. The third-order valence-electron chi connectivity index (χ3n) is 2.48. The smallest absolute Gasteiger partial charge is 0.301 e. The Bertz CT molecular complexity index is 671. The summed E-state index contributed by atoms with van der Waals surface area (Å²) in [5, 5.41) is 13.9. The highest BCUT2D eigenvalue weighted by atomic mass is 32.1. The maximum Gasteiger partial charge on any atom is 0.301 e. The molecular formula is C12H13N5OS. The van der Waals surface area contributed by atoms with Crippen LogP contribution >= 0.6 is 12.2 Å². The summed E-state index contributed by atoms with van der Waals surface area (Å²) in [5.74, 6) is 0. The molecule has 1 heterocycles. The number of aromatic amines is 1. The second-order valence-corrected chi connectivity index (χ2v) is 4.20. The first-order valence-electron chi connectivity index (χ1n) is 5.64. The predicted octanol–water partition coefficient (Wildman–Crippen LogP) is 2.25. The van der Waals surface area contributed by atoms with Crippen LogP contribution in [0.15, 0.2) is 45.4 Å². The Hall–Kier alpha value is -2.28. The van der Waals surface area contributed by atoms with Gasteiger partial charge in [-0.05, 0) is 31.3 Å². The molecule has 0 amide bonds. The number of nitrogens with one attached hydrogen (secondary N) is 2. The highest BCUT2D eigenvalue weighted by Crippen LogP contribution is 2.16. The Morgan fingerprint density at radius 3 is 2.63 bits per heavy atom. The van der Waals surface area contributed by atoms with E-state index in [1.807, 2.05) is 30.3 Å². The molecular weight excluding hydrogens is 262 g/mol. The van der Waals surface area contributed by atoms with Crippen molar-refractivity contribution in [3.8, 4) is 0 Å². The Kier molecular flexibility index (Phi) is 3.86. The lowest BCUT2D eigenvalue weighted by atomic mass is 10.3. The number of nitrogens with zero attached hydrogens (tertiary/aromatic N) is 3. The Morgan fingerprint density at radius 2 is 2.00 bits per heavy atom. The van der Waals surface area contributed by atoms with Gasteiger partial charge in [0, 0.05) is 7.05 Å². The number of hydrogen-bond donors (Lipinski definition) is 2. The van der Waals surface area contributed by atoms with Crippen LogP contribution in [0, 0.1) is 6.92 Å². The molecule has 0 aliphatic rings. The minimum atomic E-state index is -0.323. The summed E-state index contributed by atoms with van der Waals surface area (Å²) in [5.41, 5.74) is 1.23. The molecule has 0 unspecified atom stereocenters. The van der Waals surface area contributed by atoms with Crippen LogP contribution in [-0.4, -0.2) is 21.9 Å². The molecule has 0 aliphatic carbocycles.